The summed E-state index contributed by atoms with van der Waals surface area (Å²) in [5, 5.41) is 7.27. The average Bonchev–Trinajstić information content (AvgIpc) is 2.69. The lowest BCUT2D eigenvalue weighted by molar-refractivity contribution is -0.118. The maximum absolute atomic E-state index is 13.1. The van der Waals surface area contributed by atoms with Crippen LogP contribution < -0.4 is 10.6 Å². The highest BCUT2D eigenvalue weighted by atomic mass is 31.0. The van der Waals surface area contributed by atoms with Crippen molar-refractivity contribution < 1.29 is 9.59 Å². The second-order valence-corrected chi connectivity index (χ2v) is 8.38. The van der Waals surface area contributed by atoms with Crippen LogP contribution in [-0.2, 0) is 10.3 Å². The third kappa shape index (κ3) is 3.29. The molecule has 1 aliphatic carbocycles. The molecule has 0 aromatic heterocycles. The van der Waals surface area contributed by atoms with Crippen LogP contribution in [0.25, 0.3) is 0 Å². The van der Waals surface area contributed by atoms with E-state index in [0.717, 1.165) is 16.6 Å². The van der Waals surface area contributed by atoms with Gasteiger partial charge in [-0.05, 0) is 42.9 Å². The van der Waals surface area contributed by atoms with Gasteiger partial charge < -0.3 is 10.6 Å². The van der Waals surface area contributed by atoms with Crippen LogP contribution in [0.4, 0.5) is 5.69 Å². The lowest BCUT2D eigenvalue weighted by Gasteiger charge is -2.34. The van der Waals surface area contributed by atoms with Gasteiger partial charge in [0, 0.05) is 16.8 Å². The Labute approximate surface area is 167 Å². The molecule has 2 aromatic carbocycles. The van der Waals surface area contributed by atoms with Gasteiger partial charge in [0.05, 0.1) is 17.5 Å². The first-order valence-electron chi connectivity index (χ1n) is 9.34. The Bertz CT molecular complexity index is 1010. The van der Waals surface area contributed by atoms with Gasteiger partial charge >= 0.3 is 0 Å². The van der Waals surface area contributed by atoms with E-state index in [1.807, 2.05) is 80.6 Å². The van der Waals surface area contributed by atoms with Gasteiger partial charge in [0.1, 0.15) is 0 Å². The fraction of sp³-hybridized carbons (Fsp3) is 0.217. The molecule has 1 aliphatic heterocycles. The number of ketones is 1. The maximum Gasteiger partial charge on any atom is 0.252 e. The molecule has 4 nitrogen and oxygen atoms in total. The van der Waals surface area contributed by atoms with Crippen LogP contribution >= 0.6 is 9.24 Å². The van der Waals surface area contributed by atoms with Gasteiger partial charge in [-0.2, -0.15) is 0 Å². The quantitative estimate of drug-likeness (QED) is 0.778. The van der Waals surface area contributed by atoms with Gasteiger partial charge in [-0.15, -0.1) is 9.24 Å². The minimum Gasteiger partial charge on any atom is -0.377 e. The summed E-state index contributed by atoms with van der Waals surface area (Å²) in [6.07, 6.45) is 3.75. The van der Waals surface area contributed by atoms with Crippen molar-refractivity contribution in [3.05, 3.63) is 88.8 Å². The van der Waals surface area contributed by atoms with E-state index in [1.165, 1.54) is 0 Å². The molecule has 3 unspecified atom stereocenters. The van der Waals surface area contributed by atoms with Crippen molar-refractivity contribution in [2.24, 2.45) is 5.92 Å². The predicted octanol–water partition coefficient (Wildman–Crippen LogP) is 4.03. The Morgan fingerprint density at radius 2 is 1.71 bits per heavy atom. The third-order valence-electron chi connectivity index (χ3n) is 5.39. The lowest BCUT2D eigenvalue weighted by atomic mass is 9.81. The number of para-hydroxylation sites is 1. The Morgan fingerprint density at radius 1 is 1.04 bits per heavy atom. The molecule has 0 bridgehead atoms. The third-order valence-corrected chi connectivity index (χ3v) is 5.89. The summed E-state index contributed by atoms with van der Waals surface area (Å²) in [6.45, 7) is 3.97. The second-order valence-electron chi connectivity index (χ2n) is 7.75. The van der Waals surface area contributed by atoms with E-state index in [-0.39, 0.29) is 23.7 Å². The average molecular weight is 390 g/mol. The maximum atomic E-state index is 13.1. The largest absolute Gasteiger partial charge is 0.377 e. The van der Waals surface area contributed by atoms with Gasteiger partial charge in [0.2, 0.25) is 0 Å². The fourth-order valence-corrected chi connectivity index (χ4v) is 4.24. The number of Topliss-reactive ketones (excluding diaryl/α,β-unsaturated/α-hetero) is 1. The van der Waals surface area contributed by atoms with Gasteiger partial charge in [0.15, 0.2) is 5.78 Å². The van der Waals surface area contributed by atoms with Crippen LogP contribution in [-0.4, -0.2) is 17.7 Å². The molecule has 4 rings (SSSR count). The number of nitrogens with one attached hydrogen (secondary N) is 2. The molecule has 5 heteroatoms. The lowest BCUT2D eigenvalue weighted by Crippen LogP contribution is -2.44. The van der Waals surface area contributed by atoms with Crippen LogP contribution in [0.5, 0.6) is 0 Å². The van der Waals surface area contributed by atoms with E-state index in [2.05, 4.69) is 19.9 Å². The SMILES string of the molecule is CC(C)(NC(=O)C1=CC2Nc3ccccc3C(=O)C2C=C1P)c1ccccc1. The Kier molecular flexibility index (Phi) is 4.68. The zero-order chi connectivity index (χ0) is 19.9. The molecule has 3 atom stereocenters. The molecule has 142 valence electrons. The first-order valence-corrected chi connectivity index (χ1v) is 9.92. The van der Waals surface area contributed by atoms with Crippen LogP contribution in [0, 0.1) is 5.92 Å². The van der Waals surface area contributed by atoms with Crippen molar-refractivity contribution in [1.82, 2.24) is 5.32 Å². The van der Waals surface area contributed by atoms with Crippen molar-refractivity contribution in [2.75, 3.05) is 5.32 Å². The van der Waals surface area contributed by atoms with Crippen LogP contribution in [0.2, 0.25) is 0 Å². The number of carbonyl (C=O) groups excluding carboxylic acids is 2. The number of anilines is 1. The van der Waals surface area contributed by atoms with E-state index in [9.17, 15) is 9.59 Å². The highest BCUT2D eigenvalue weighted by Gasteiger charge is 2.37. The van der Waals surface area contributed by atoms with Gasteiger partial charge in [0.25, 0.3) is 5.91 Å². The topological polar surface area (TPSA) is 58.2 Å². The van der Waals surface area contributed by atoms with Crippen molar-refractivity contribution in [2.45, 2.75) is 25.4 Å². The fourth-order valence-electron chi connectivity index (χ4n) is 3.80. The highest BCUT2D eigenvalue weighted by molar-refractivity contribution is 7.23. The number of hydrogen-bond donors (Lipinski definition) is 2. The van der Waals surface area contributed by atoms with E-state index in [1.54, 1.807) is 0 Å². The molecular weight excluding hydrogens is 367 g/mol. The van der Waals surface area contributed by atoms with Crippen LogP contribution in [0.1, 0.15) is 29.8 Å². The zero-order valence-electron chi connectivity index (χ0n) is 15.9. The molecule has 2 aliphatic rings. The summed E-state index contributed by atoms with van der Waals surface area (Å²) in [7, 11) is 2.61. The van der Waals surface area contributed by atoms with Gasteiger partial charge in [-0.3, -0.25) is 9.59 Å². The molecule has 28 heavy (non-hydrogen) atoms. The standard InChI is InChI=1S/C23H23N2O2P/c1-23(2,14-8-4-3-5-9-14)25-22(27)17-12-19-16(13-20(17)28)21(26)15-10-6-7-11-18(15)24-19/h3-13,16,19,24H,28H2,1-2H3,(H,25,27). The number of hydrogen-bond acceptors (Lipinski definition) is 3. The number of carbonyl (C=O) groups is 2. The monoisotopic (exact) mass is 390 g/mol. The number of fused-ring (bicyclic) bond motifs is 2. The minimum atomic E-state index is -0.511. The molecule has 1 amide bonds. The number of rotatable bonds is 3. The highest BCUT2D eigenvalue weighted by Crippen LogP contribution is 2.36. The Morgan fingerprint density at radius 3 is 2.46 bits per heavy atom. The molecule has 0 spiro atoms. The van der Waals surface area contributed by atoms with E-state index >= 15 is 0 Å². The second kappa shape index (κ2) is 7.03. The molecule has 1 heterocycles. The summed E-state index contributed by atoms with van der Waals surface area (Å²) in [5.74, 6) is -0.373. The van der Waals surface area contributed by atoms with Crippen LogP contribution in [0.15, 0.2) is 77.6 Å². The van der Waals surface area contributed by atoms with Crippen molar-refractivity contribution in [3.63, 3.8) is 0 Å². The van der Waals surface area contributed by atoms with E-state index < -0.39 is 5.54 Å². The van der Waals surface area contributed by atoms with E-state index in [0.29, 0.717) is 11.1 Å². The van der Waals surface area contributed by atoms with E-state index in [4.69, 9.17) is 0 Å². The molecule has 2 aromatic rings. The molecule has 0 fully saturated rings. The Balaban J connectivity index is 1.61. The predicted molar refractivity (Wildman–Crippen MR) is 115 cm³/mol. The smallest absolute Gasteiger partial charge is 0.252 e. The number of benzene rings is 2. The zero-order valence-corrected chi connectivity index (χ0v) is 17.1. The molecular formula is C23H23N2O2P. The molecule has 0 radical (unpaired) electrons. The normalized spacial score (nSPS) is 20.9. The minimum absolute atomic E-state index is 0.0830. The van der Waals surface area contributed by atoms with Crippen molar-refractivity contribution >= 4 is 26.6 Å². The number of amides is 1. The van der Waals surface area contributed by atoms with Gasteiger partial charge in [-0.25, -0.2) is 0 Å². The molecule has 0 saturated heterocycles. The summed E-state index contributed by atoms with van der Waals surface area (Å²) in [4.78, 5) is 25.9. The van der Waals surface area contributed by atoms with Gasteiger partial charge in [-0.1, -0.05) is 48.5 Å². The summed E-state index contributed by atoms with van der Waals surface area (Å²) >= 11 is 0. The van der Waals surface area contributed by atoms with Crippen molar-refractivity contribution in [1.29, 1.82) is 0 Å². The molecule has 0 saturated carbocycles. The Hall–Kier alpha value is -2.71. The summed E-state index contributed by atoms with van der Waals surface area (Å²) < 4.78 is 0. The molecule has 2 N–H and O–H groups in total. The first kappa shape index (κ1) is 18.6. The first-order chi connectivity index (χ1) is 13.4. The van der Waals surface area contributed by atoms with Crippen molar-refractivity contribution in [3.8, 4) is 0 Å². The summed E-state index contributed by atoms with van der Waals surface area (Å²) in [5.41, 5.74) is 2.62. The summed E-state index contributed by atoms with van der Waals surface area (Å²) in [6, 6.07) is 17.2. The van der Waals surface area contributed by atoms with Crippen LogP contribution in [0.3, 0.4) is 0 Å².